The molecule has 2 heterocycles. The largest absolute Gasteiger partial charge is 0.457 e. The van der Waals surface area contributed by atoms with Gasteiger partial charge in [0.1, 0.15) is 17.0 Å². The number of nitrogens with one attached hydrogen (secondary N) is 1. The summed E-state index contributed by atoms with van der Waals surface area (Å²) < 4.78 is 7.27. The number of hydrogen-bond acceptors (Lipinski definition) is 6. The molecule has 0 aliphatic heterocycles. The molecule has 2 aromatic carbocycles. The first kappa shape index (κ1) is 21.5. The number of ether oxygens (including phenoxy) is 1. The van der Waals surface area contributed by atoms with Crippen molar-refractivity contribution >= 4 is 16.7 Å². The molecule has 0 aliphatic carbocycles. The molecule has 32 heavy (non-hydrogen) atoms. The first-order valence-corrected chi connectivity index (χ1v) is 10.5. The lowest BCUT2D eigenvalue weighted by Crippen LogP contribution is -2.35. The van der Waals surface area contributed by atoms with Crippen molar-refractivity contribution in [1.29, 1.82) is 0 Å². The van der Waals surface area contributed by atoms with Crippen molar-refractivity contribution in [3.8, 4) is 11.5 Å². The van der Waals surface area contributed by atoms with Gasteiger partial charge < -0.3 is 15.0 Å². The summed E-state index contributed by atoms with van der Waals surface area (Å²) in [4.78, 5) is 19.0. The molecule has 2 aromatic heterocycles. The molecular formula is C25H27N5O2. The number of benzene rings is 2. The number of para-hydroxylation sites is 1. The van der Waals surface area contributed by atoms with Crippen LogP contribution < -0.4 is 15.6 Å². The van der Waals surface area contributed by atoms with Gasteiger partial charge in [0.2, 0.25) is 0 Å². The maximum absolute atomic E-state index is 12.4. The van der Waals surface area contributed by atoms with Crippen molar-refractivity contribution in [1.82, 2.24) is 19.7 Å². The number of fused-ring (bicyclic) bond motifs is 1. The van der Waals surface area contributed by atoms with Crippen LogP contribution in [0.15, 0.2) is 77.7 Å². The number of rotatable bonds is 7. The predicted molar refractivity (Wildman–Crippen MR) is 127 cm³/mol. The van der Waals surface area contributed by atoms with E-state index in [9.17, 15) is 4.79 Å². The van der Waals surface area contributed by atoms with Crippen LogP contribution in [0.4, 0.5) is 5.82 Å². The third-order valence-corrected chi connectivity index (χ3v) is 5.40. The van der Waals surface area contributed by atoms with E-state index in [4.69, 9.17) is 4.74 Å². The number of anilines is 1. The second kappa shape index (κ2) is 9.20. The third-order valence-electron chi connectivity index (χ3n) is 5.40. The number of aryl methyl sites for hydroxylation is 1. The van der Waals surface area contributed by atoms with E-state index in [0.29, 0.717) is 16.7 Å². The summed E-state index contributed by atoms with van der Waals surface area (Å²) in [5, 5.41) is 8.46. The minimum Gasteiger partial charge on any atom is -0.457 e. The van der Waals surface area contributed by atoms with Crippen molar-refractivity contribution in [2.45, 2.75) is 19.0 Å². The quantitative estimate of drug-likeness (QED) is 0.474. The molecule has 0 radical (unpaired) electrons. The monoisotopic (exact) mass is 429 g/mol. The maximum atomic E-state index is 12.4. The molecule has 0 fully saturated rings. The van der Waals surface area contributed by atoms with Gasteiger partial charge in [-0.1, -0.05) is 30.3 Å². The Morgan fingerprint density at radius 2 is 1.66 bits per heavy atom. The van der Waals surface area contributed by atoms with E-state index in [0.717, 1.165) is 17.1 Å². The number of hydrogen-bond donors (Lipinski definition) is 1. The van der Waals surface area contributed by atoms with Crippen LogP contribution in [-0.4, -0.2) is 39.8 Å². The van der Waals surface area contributed by atoms with Gasteiger partial charge in [0.05, 0.1) is 11.4 Å². The summed E-state index contributed by atoms with van der Waals surface area (Å²) in [6.07, 6.45) is 1.67. The Morgan fingerprint density at radius 3 is 2.34 bits per heavy atom. The molecule has 4 rings (SSSR count). The van der Waals surface area contributed by atoms with Gasteiger partial charge in [-0.2, -0.15) is 5.10 Å². The zero-order chi connectivity index (χ0) is 22.7. The van der Waals surface area contributed by atoms with Gasteiger partial charge in [0.15, 0.2) is 5.82 Å². The Hall–Kier alpha value is -3.71. The van der Waals surface area contributed by atoms with Gasteiger partial charge >= 0.3 is 0 Å². The normalized spacial score (nSPS) is 13.2. The summed E-state index contributed by atoms with van der Waals surface area (Å²) in [5.74, 6) is 2.18. The fourth-order valence-corrected chi connectivity index (χ4v) is 3.97. The molecule has 2 atom stereocenters. The molecule has 0 bridgehead atoms. The van der Waals surface area contributed by atoms with E-state index < -0.39 is 0 Å². The minimum atomic E-state index is -0.163. The molecule has 164 valence electrons. The molecule has 0 spiro atoms. The van der Waals surface area contributed by atoms with Gasteiger partial charge in [0.25, 0.3) is 5.56 Å². The lowest BCUT2D eigenvalue weighted by molar-refractivity contribution is 0.275. The van der Waals surface area contributed by atoms with E-state index in [1.807, 2.05) is 56.6 Å². The average molecular weight is 430 g/mol. The molecule has 0 saturated carbocycles. The molecule has 0 unspecified atom stereocenters. The fourth-order valence-electron chi connectivity index (χ4n) is 3.97. The number of aromatic nitrogens is 3. The second-order valence-corrected chi connectivity index (χ2v) is 8.00. The minimum absolute atomic E-state index is 0.0129. The molecule has 7 heteroatoms. The van der Waals surface area contributed by atoms with Gasteiger partial charge in [-0.3, -0.25) is 9.78 Å². The van der Waals surface area contributed by atoms with Crippen LogP contribution >= 0.6 is 0 Å². The Balaban J connectivity index is 1.59. The highest BCUT2D eigenvalue weighted by Crippen LogP contribution is 2.28. The number of pyridine rings is 1. The standard InChI is InChI=1S/C25H27N5O2/c1-17(27-24-22-21(11-8-16-26-22)25(31)30(4)28-24)23(29(2)3)18-12-14-20(15-13-18)32-19-9-6-5-7-10-19/h5-17,23H,1-4H3,(H,27,28)/t17-,23+/m0/s1. The zero-order valence-corrected chi connectivity index (χ0v) is 18.7. The van der Waals surface area contributed by atoms with E-state index in [1.165, 1.54) is 4.68 Å². The summed E-state index contributed by atoms with van der Waals surface area (Å²) >= 11 is 0. The average Bonchev–Trinajstić information content (AvgIpc) is 2.79. The lowest BCUT2D eigenvalue weighted by atomic mass is 9.99. The van der Waals surface area contributed by atoms with Crippen LogP contribution in [0, 0.1) is 0 Å². The van der Waals surface area contributed by atoms with Crippen LogP contribution in [0.1, 0.15) is 18.5 Å². The first-order chi connectivity index (χ1) is 15.4. The molecule has 0 saturated heterocycles. The highest BCUT2D eigenvalue weighted by Gasteiger charge is 2.23. The van der Waals surface area contributed by atoms with E-state index in [1.54, 1.807) is 25.4 Å². The van der Waals surface area contributed by atoms with Crippen LogP contribution in [0.5, 0.6) is 11.5 Å². The number of nitrogens with zero attached hydrogens (tertiary/aromatic N) is 4. The van der Waals surface area contributed by atoms with Gasteiger partial charge in [0, 0.05) is 19.3 Å². The van der Waals surface area contributed by atoms with Gasteiger partial charge in [-0.15, -0.1) is 0 Å². The van der Waals surface area contributed by atoms with Gasteiger partial charge in [-0.25, -0.2) is 4.68 Å². The predicted octanol–water partition coefficient (Wildman–Crippen LogP) is 4.22. The Kier molecular flexibility index (Phi) is 6.18. The fraction of sp³-hybridized carbons (Fsp3) is 0.240. The highest BCUT2D eigenvalue weighted by molar-refractivity contribution is 5.87. The van der Waals surface area contributed by atoms with E-state index in [2.05, 4.69) is 39.4 Å². The van der Waals surface area contributed by atoms with Crippen molar-refractivity contribution in [2.24, 2.45) is 7.05 Å². The molecular weight excluding hydrogens is 402 g/mol. The van der Waals surface area contributed by atoms with E-state index in [-0.39, 0.29) is 17.6 Å². The molecule has 7 nitrogen and oxygen atoms in total. The van der Waals surface area contributed by atoms with Crippen molar-refractivity contribution in [2.75, 3.05) is 19.4 Å². The Bertz CT molecular complexity index is 1250. The summed E-state index contributed by atoms with van der Waals surface area (Å²) in [5.41, 5.74) is 1.55. The summed E-state index contributed by atoms with van der Waals surface area (Å²) in [7, 11) is 5.74. The van der Waals surface area contributed by atoms with Crippen molar-refractivity contribution < 1.29 is 4.74 Å². The third kappa shape index (κ3) is 4.48. The van der Waals surface area contributed by atoms with Crippen molar-refractivity contribution in [3.05, 3.63) is 88.8 Å². The molecule has 0 aliphatic rings. The second-order valence-electron chi connectivity index (χ2n) is 8.00. The van der Waals surface area contributed by atoms with Crippen LogP contribution in [0.25, 0.3) is 10.9 Å². The molecule has 4 aromatic rings. The van der Waals surface area contributed by atoms with E-state index >= 15 is 0 Å². The first-order valence-electron chi connectivity index (χ1n) is 10.5. The summed E-state index contributed by atoms with van der Waals surface area (Å²) in [6, 6.07) is 21.4. The van der Waals surface area contributed by atoms with Crippen LogP contribution in [0.2, 0.25) is 0 Å². The Labute approximate surface area is 187 Å². The SMILES string of the molecule is C[C@H](Nc1nn(C)c(=O)c2cccnc12)[C@H](c1ccc(Oc2ccccc2)cc1)N(C)C. The smallest absolute Gasteiger partial charge is 0.276 e. The van der Waals surface area contributed by atoms with Gasteiger partial charge in [-0.05, 0) is 63.0 Å². The zero-order valence-electron chi connectivity index (χ0n) is 18.7. The highest BCUT2D eigenvalue weighted by atomic mass is 16.5. The van der Waals surface area contributed by atoms with Crippen LogP contribution in [0.3, 0.4) is 0 Å². The number of likely N-dealkylation sites (N-methyl/N-ethyl adjacent to an activating group) is 1. The maximum Gasteiger partial charge on any atom is 0.276 e. The van der Waals surface area contributed by atoms with Crippen molar-refractivity contribution in [3.63, 3.8) is 0 Å². The summed E-state index contributed by atoms with van der Waals surface area (Å²) in [6.45, 7) is 2.10. The molecule has 1 N–H and O–H groups in total. The Morgan fingerprint density at radius 1 is 0.969 bits per heavy atom. The topological polar surface area (TPSA) is 72.3 Å². The lowest BCUT2D eigenvalue weighted by Gasteiger charge is -2.31. The van der Waals surface area contributed by atoms with Crippen LogP contribution in [-0.2, 0) is 7.05 Å². The molecule has 0 amide bonds.